The van der Waals surface area contributed by atoms with Crippen molar-refractivity contribution in [2.75, 3.05) is 0 Å². The molecule has 1 aromatic carbocycles. The van der Waals surface area contributed by atoms with Crippen LogP contribution >= 0.6 is 0 Å². The van der Waals surface area contributed by atoms with Gasteiger partial charge >= 0.3 is 0 Å². The van der Waals surface area contributed by atoms with Gasteiger partial charge in [0.25, 0.3) is 0 Å². The van der Waals surface area contributed by atoms with Crippen LogP contribution in [0.15, 0.2) is 24.3 Å². The van der Waals surface area contributed by atoms with Crippen molar-refractivity contribution < 1.29 is 13.6 Å². The third-order valence-corrected chi connectivity index (χ3v) is 2.69. The molecule has 1 aliphatic carbocycles. The molecular weight excluding hydrogens is 186 g/mol. The number of aldehydes is 1. The van der Waals surface area contributed by atoms with Gasteiger partial charge in [-0.25, -0.2) is 8.78 Å². The number of alkyl halides is 2. The Kier molecular flexibility index (Phi) is 2.32. The summed E-state index contributed by atoms with van der Waals surface area (Å²) < 4.78 is 24.6. The quantitative estimate of drug-likeness (QED) is 0.679. The number of carbonyl (C=O) groups is 1. The van der Waals surface area contributed by atoms with Gasteiger partial charge in [-0.3, -0.25) is 4.79 Å². The average Bonchev–Trinajstić information content (AvgIpc) is 2.97. The molecule has 14 heavy (non-hydrogen) atoms. The first-order valence-corrected chi connectivity index (χ1v) is 4.56. The Balaban J connectivity index is 2.22. The highest BCUT2D eigenvalue weighted by atomic mass is 19.3. The number of rotatable bonds is 3. The van der Waals surface area contributed by atoms with Crippen LogP contribution in [0.4, 0.5) is 8.78 Å². The van der Waals surface area contributed by atoms with Gasteiger partial charge in [-0.1, -0.05) is 24.3 Å². The number of hydrogen-bond acceptors (Lipinski definition) is 1. The largest absolute Gasteiger partial charge is 0.298 e. The second-order valence-corrected chi connectivity index (χ2v) is 3.59. The van der Waals surface area contributed by atoms with Crippen LogP contribution < -0.4 is 0 Å². The van der Waals surface area contributed by atoms with E-state index in [1.165, 1.54) is 0 Å². The van der Waals surface area contributed by atoms with Gasteiger partial charge in [0.2, 0.25) is 6.43 Å². The van der Waals surface area contributed by atoms with Crippen molar-refractivity contribution in [3.8, 4) is 0 Å². The Bertz CT molecular complexity index is 349. The van der Waals surface area contributed by atoms with E-state index in [2.05, 4.69) is 0 Å². The van der Waals surface area contributed by atoms with E-state index in [1.54, 1.807) is 24.3 Å². The monoisotopic (exact) mass is 196 g/mol. The summed E-state index contributed by atoms with van der Waals surface area (Å²) in [6.45, 7) is 0. The molecular formula is C11H10F2O. The molecule has 0 bridgehead atoms. The number of halogens is 2. The number of benzene rings is 1. The highest BCUT2D eigenvalue weighted by Gasteiger charge is 2.45. The predicted molar refractivity (Wildman–Crippen MR) is 48.7 cm³/mol. The van der Waals surface area contributed by atoms with E-state index in [4.69, 9.17) is 0 Å². The highest BCUT2D eigenvalue weighted by Crippen LogP contribution is 2.51. The normalized spacial score (nSPS) is 25.1. The summed E-state index contributed by atoms with van der Waals surface area (Å²) in [5.74, 6) is -0.660. The lowest BCUT2D eigenvalue weighted by Crippen LogP contribution is -1.97. The van der Waals surface area contributed by atoms with Crippen molar-refractivity contribution >= 4 is 6.29 Å². The summed E-state index contributed by atoms with van der Waals surface area (Å²) in [5.41, 5.74) is 1.31. The summed E-state index contributed by atoms with van der Waals surface area (Å²) in [7, 11) is 0. The van der Waals surface area contributed by atoms with Crippen molar-refractivity contribution in [3.63, 3.8) is 0 Å². The Morgan fingerprint density at radius 3 is 2.64 bits per heavy atom. The predicted octanol–water partition coefficient (Wildman–Crippen LogP) is 2.87. The topological polar surface area (TPSA) is 17.1 Å². The maximum atomic E-state index is 12.3. The summed E-state index contributed by atoms with van der Waals surface area (Å²) in [6, 6.07) is 6.95. The zero-order chi connectivity index (χ0) is 10.1. The molecule has 1 aliphatic rings. The standard InChI is InChI=1S/C11H10F2O/c12-11(13)10-5-9(10)8-4-2-1-3-7(8)6-14/h1-4,6,9-11H,5H2. The molecule has 0 amide bonds. The van der Waals surface area contributed by atoms with Crippen LogP contribution in [0.25, 0.3) is 0 Å². The van der Waals surface area contributed by atoms with Crippen molar-refractivity contribution in [2.45, 2.75) is 18.8 Å². The van der Waals surface area contributed by atoms with Crippen LogP contribution in [-0.4, -0.2) is 12.7 Å². The minimum atomic E-state index is -2.26. The first kappa shape index (κ1) is 9.31. The summed E-state index contributed by atoms with van der Waals surface area (Å²) >= 11 is 0. The first-order valence-electron chi connectivity index (χ1n) is 4.56. The second kappa shape index (κ2) is 3.48. The van der Waals surface area contributed by atoms with Crippen LogP contribution in [0.1, 0.15) is 28.3 Å². The molecule has 0 spiro atoms. The van der Waals surface area contributed by atoms with Gasteiger partial charge in [0.1, 0.15) is 6.29 Å². The van der Waals surface area contributed by atoms with Gasteiger partial charge in [0.05, 0.1) is 0 Å². The van der Waals surface area contributed by atoms with Crippen molar-refractivity contribution in [2.24, 2.45) is 5.92 Å². The van der Waals surface area contributed by atoms with Crippen LogP contribution in [-0.2, 0) is 0 Å². The summed E-state index contributed by atoms with van der Waals surface area (Å²) in [4.78, 5) is 10.6. The molecule has 0 radical (unpaired) electrons. The lowest BCUT2D eigenvalue weighted by atomic mass is 10.0. The second-order valence-electron chi connectivity index (χ2n) is 3.59. The molecule has 1 fully saturated rings. The minimum absolute atomic E-state index is 0.114. The molecule has 0 aliphatic heterocycles. The van der Waals surface area contributed by atoms with E-state index in [0.717, 1.165) is 11.8 Å². The van der Waals surface area contributed by atoms with E-state index in [1.807, 2.05) is 0 Å². The molecule has 2 atom stereocenters. The Hall–Kier alpha value is -1.25. The van der Waals surface area contributed by atoms with Crippen molar-refractivity contribution in [1.29, 1.82) is 0 Å². The van der Waals surface area contributed by atoms with Gasteiger partial charge in [0, 0.05) is 11.5 Å². The summed E-state index contributed by atoms with van der Waals surface area (Å²) in [6.07, 6.45) is -1.03. The van der Waals surface area contributed by atoms with Gasteiger partial charge in [-0.2, -0.15) is 0 Å². The molecule has 0 aromatic heterocycles. The van der Waals surface area contributed by atoms with E-state index < -0.39 is 12.3 Å². The van der Waals surface area contributed by atoms with Gasteiger partial charge in [0.15, 0.2) is 0 Å². The third-order valence-electron chi connectivity index (χ3n) is 2.69. The molecule has 3 heteroatoms. The van der Waals surface area contributed by atoms with Gasteiger partial charge in [-0.15, -0.1) is 0 Å². The van der Waals surface area contributed by atoms with Crippen LogP contribution in [0.5, 0.6) is 0 Å². The first-order chi connectivity index (χ1) is 6.74. The van der Waals surface area contributed by atoms with E-state index >= 15 is 0 Å². The van der Waals surface area contributed by atoms with E-state index in [0.29, 0.717) is 12.0 Å². The SMILES string of the molecule is O=Cc1ccccc1C1CC1C(F)F. The molecule has 2 rings (SSSR count). The van der Waals surface area contributed by atoms with Crippen molar-refractivity contribution in [3.05, 3.63) is 35.4 Å². The molecule has 74 valence electrons. The molecule has 0 N–H and O–H groups in total. The molecule has 0 saturated heterocycles. The molecule has 0 heterocycles. The maximum absolute atomic E-state index is 12.3. The maximum Gasteiger partial charge on any atom is 0.242 e. The van der Waals surface area contributed by atoms with Crippen LogP contribution in [0.3, 0.4) is 0 Å². The zero-order valence-electron chi connectivity index (χ0n) is 7.49. The lowest BCUT2D eigenvalue weighted by molar-refractivity contribution is 0.111. The molecule has 1 saturated carbocycles. The Morgan fingerprint density at radius 1 is 1.36 bits per heavy atom. The van der Waals surface area contributed by atoms with Crippen LogP contribution in [0, 0.1) is 5.92 Å². The Labute approximate surface area is 80.7 Å². The zero-order valence-corrected chi connectivity index (χ0v) is 7.49. The third kappa shape index (κ3) is 1.54. The Morgan fingerprint density at radius 2 is 2.07 bits per heavy atom. The van der Waals surface area contributed by atoms with E-state index in [9.17, 15) is 13.6 Å². The average molecular weight is 196 g/mol. The fourth-order valence-corrected chi connectivity index (χ4v) is 1.81. The van der Waals surface area contributed by atoms with Gasteiger partial charge in [-0.05, 0) is 17.9 Å². The fraction of sp³-hybridized carbons (Fsp3) is 0.364. The lowest BCUT2D eigenvalue weighted by Gasteiger charge is -2.02. The van der Waals surface area contributed by atoms with Crippen LogP contribution in [0.2, 0.25) is 0 Å². The highest BCUT2D eigenvalue weighted by molar-refractivity contribution is 5.77. The number of carbonyl (C=O) groups excluding carboxylic acids is 1. The molecule has 2 unspecified atom stereocenters. The number of hydrogen-bond donors (Lipinski definition) is 0. The minimum Gasteiger partial charge on any atom is -0.298 e. The fourth-order valence-electron chi connectivity index (χ4n) is 1.81. The summed E-state index contributed by atoms with van der Waals surface area (Å²) in [5, 5.41) is 0. The smallest absolute Gasteiger partial charge is 0.242 e. The molecule has 1 nitrogen and oxygen atoms in total. The van der Waals surface area contributed by atoms with Crippen molar-refractivity contribution in [1.82, 2.24) is 0 Å². The molecule has 1 aromatic rings. The van der Waals surface area contributed by atoms with E-state index in [-0.39, 0.29) is 5.92 Å². The van der Waals surface area contributed by atoms with Gasteiger partial charge < -0.3 is 0 Å².